The van der Waals surface area contributed by atoms with Gasteiger partial charge in [-0.25, -0.2) is 5.43 Å². The van der Waals surface area contributed by atoms with Gasteiger partial charge in [-0.2, -0.15) is 5.10 Å². The fraction of sp³-hybridized carbons (Fsp3) is 0.222. The molecule has 0 saturated carbocycles. The fourth-order valence-corrected chi connectivity index (χ4v) is 2.19. The molecule has 0 aromatic heterocycles. The Morgan fingerprint density at radius 2 is 1.64 bits per heavy atom. The molecule has 0 saturated heterocycles. The minimum Gasteiger partial charge on any atom is -0.376 e. The van der Waals surface area contributed by atoms with Gasteiger partial charge in [0.15, 0.2) is 0 Å². The standard InChI is InChI=1S/C18H21N3O/c1-13-8-7-9-14(2)18(13)19-12-17(22)21-20-15(3)16-10-5-4-6-11-16/h4-11,19H,12H2,1-3H3,(H,21,22). The number of carbonyl (C=O) groups is 1. The molecule has 0 aliphatic rings. The van der Waals surface area contributed by atoms with Crippen molar-refractivity contribution in [2.24, 2.45) is 5.10 Å². The summed E-state index contributed by atoms with van der Waals surface area (Å²) in [6.45, 7) is 6.10. The van der Waals surface area contributed by atoms with Gasteiger partial charge in [0.25, 0.3) is 5.91 Å². The molecular formula is C18H21N3O. The number of anilines is 1. The molecule has 0 radical (unpaired) electrons. The second kappa shape index (κ2) is 7.41. The molecule has 0 heterocycles. The van der Waals surface area contributed by atoms with Crippen LogP contribution in [-0.2, 0) is 4.79 Å². The normalized spacial score (nSPS) is 11.1. The molecule has 4 heteroatoms. The van der Waals surface area contributed by atoms with Crippen LogP contribution in [0.15, 0.2) is 53.6 Å². The molecule has 0 spiro atoms. The lowest BCUT2D eigenvalue weighted by Crippen LogP contribution is -2.27. The summed E-state index contributed by atoms with van der Waals surface area (Å²) in [5.41, 5.74) is 7.59. The molecule has 0 aliphatic carbocycles. The van der Waals surface area contributed by atoms with Crippen LogP contribution >= 0.6 is 0 Å². The predicted octanol–water partition coefficient (Wildman–Crippen LogP) is 3.26. The van der Waals surface area contributed by atoms with E-state index in [0.717, 1.165) is 28.1 Å². The van der Waals surface area contributed by atoms with Crippen LogP contribution in [0.4, 0.5) is 5.69 Å². The average molecular weight is 295 g/mol. The SMILES string of the molecule is CC(=NNC(=O)CNc1c(C)cccc1C)c1ccccc1. The van der Waals surface area contributed by atoms with Crippen molar-refractivity contribution in [3.05, 3.63) is 65.2 Å². The second-order valence-electron chi connectivity index (χ2n) is 5.22. The summed E-state index contributed by atoms with van der Waals surface area (Å²) in [6, 6.07) is 15.8. The van der Waals surface area contributed by atoms with E-state index >= 15 is 0 Å². The van der Waals surface area contributed by atoms with Crippen molar-refractivity contribution in [3.63, 3.8) is 0 Å². The summed E-state index contributed by atoms with van der Waals surface area (Å²) in [5, 5.41) is 7.29. The predicted molar refractivity (Wildman–Crippen MR) is 91.2 cm³/mol. The van der Waals surface area contributed by atoms with Crippen LogP contribution in [-0.4, -0.2) is 18.2 Å². The number of hydrazone groups is 1. The van der Waals surface area contributed by atoms with Crippen molar-refractivity contribution in [1.29, 1.82) is 0 Å². The van der Waals surface area contributed by atoms with E-state index in [1.807, 2.05) is 69.3 Å². The van der Waals surface area contributed by atoms with E-state index in [4.69, 9.17) is 0 Å². The van der Waals surface area contributed by atoms with Crippen molar-refractivity contribution in [1.82, 2.24) is 5.43 Å². The van der Waals surface area contributed by atoms with Gasteiger partial charge in [-0.3, -0.25) is 4.79 Å². The van der Waals surface area contributed by atoms with Gasteiger partial charge in [-0.15, -0.1) is 0 Å². The van der Waals surface area contributed by atoms with Gasteiger partial charge in [0, 0.05) is 5.69 Å². The van der Waals surface area contributed by atoms with Crippen LogP contribution in [0.2, 0.25) is 0 Å². The molecule has 114 valence electrons. The average Bonchev–Trinajstić information content (AvgIpc) is 2.53. The van der Waals surface area contributed by atoms with E-state index in [2.05, 4.69) is 15.8 Å². The van der Waals surface area contributed by atoms with Crippen LogP contribution < -0.4 is 10.7 Å². The van der Waals surface area contributed by atoms with E-state index in [9.17, 15) is 4.79 Å². The molecule has 4 nitrogen and oxygen atoms in total. The van der Waals surface area contributed by atoms with Crippen molar-refractivity contribution in [2.75, 3.05) is 11.9 Å². The maximum Gasteiger partial charge on any atom is 0.259 e. The monoisotopic (exact) mass is 295 g/mol. The highest BCUT2D eigenvalue weighted by Crippen LogP contribution is 2.18. The molecular weight excluding hydrogens is 274 g/mol. The maximum atomic E-state index is 11.9. The molecule has 2 rings (SSSR count). The number of carbonyl (C=O) groups excluding carboxylic acids is 1. The Labute approximate surface area is 131 Å². The number of amides is 1. The van der Waals surface area contributed by atoms with Crippen molar-refractivity contribution in [2.45, 2.75) is 20.8 Å². The Bertz CT molecular complexity index is 658. The van der Waals surface area contributed by atoms with Crippen molar-refractivity contribution in [3.8, 4) is 0 Å². The number of nitrogens with one attached hydrogen (secondary N) is 2. The maximum absolute atomic E-state index is 11.9. The van der Waals surface area contributed by atoms with E-state index < -0.39 is 0 Å². The number of hydrogen-bond acceptors (Lipinski definition) is 3. The van der Waals surface area contributed by atoms with Crippen molar-refractivity contribution < 1.29 is 4.79 Å². The molecule has 0 bridgehead atoms. The Kier molecular flexibility index (Phi) is 5.31. The van der Waals surface area contributed by atoms with E-state index in [-0.39, 0.29) is 12.5 Å². The Hall–Kier alpha value is -2.62. The molecule has 0 fully saturated rings. The van der Waals surface area contributed by atoms with E-state index in [1.165, 1.54) is 0 Å². The third-order valence-corrected chi connectivity index (χ3v) is 3.45. The lowest BCUT2D eigenvalue weighted by molar-refractivity contribution is -0.119. The van der Waals surface area contributed by atoms with Crippen LogP contribution in [0.5, 0.6) is 0 Å². The topological polar surface area (TPSA) is 53.5 Å². The molecule has 2 aromatic carbocycles. The van der Waals surface area contributed by atoms with Crippen LogP contribution in [0.1, 0.15) is 23.6 Å². The molecule has 1 amide bonds. The number of benzene rings is 2. The Balaban J connectivity index is 1.91. The second-order valence-corrected chi connectivity index (χ2v) is 5.22. The molecule has 0 aliphatic heterocycles. The lowest BCUT2D eigenvalue weighted by atomic mass is 10.1. The van der Waals surface area contributed by atoms with Gasteiger partial charge in [0.05, 0.1) is 12.3 Å². The summed E-state index contributed by atoms with van der Waals surface area (Å²) in [4.78, 5) is 11.9. The Morgan fingerprint density at radius 1 is 1.00 bits per heavy atom. The Morgan fingerprint density at radius 3 is 2.27 bits per heavy atom. The van der Waals surface area contributed by atoms with E-state index in [1.54, 1.807) is 0 Å². The highest BCUT2D eigenvalue weighted by Gasteiger charge is 2.05. The smallest absolute Gasteiger partial charge is 0.259 e. The lowest BCUT2D eigenvalue weighted by Gasteiger charge is -2.11. The molecule has 0 unspecified atom stereocenters. The molecule has 2 aromatic rings. The number of aryl methyl sites for hydroxylation is 2. The van der Waals surface area contributed by atoms with Gasteiger partial charge in [-0.1, -0.05) is 48.5 Å². The van der Waals surface area contributed by atoms with Gasteiger partial charge in [0.1, 0.15) is 0 Å². The summed E-state index contributed by atoms with van der Waals surface area (Å²) < 4.78 is 0. The number of hydrogen-bond donors (Lipinski definition) is 2. The first-order valence-electron chi connectivity index (χ1n) is 7.26. The van der Waals surface area contributed by atoms with Crippen LogP contribution in [0, 0.1) is 13.8 Å². The first-order chi connectivity index (χ1) is 10.6. The number of para-hydroxylation sites is 1. The summed E-state index contributed by atoms with van der Waals surface area (Å²) in [6.07, 6.45) is 0. The molecule has 2 N–H and O–H groups in total. The minimum absolute atomic E-state index is 0.169. The summed E-state index contributed by atoms with van der Waals surface area (Å²) >= 11 is 0. The van der Waals surface area contributed by atoms with Gasteiger partial charge in [0.2, 0.25) is 0 Å². The summed E-state index contributed by atoms with van der Waals surface area (Å²) in [7, 11) is 0. The van der Waals surface area contributed by atoms with Gasteiger partial charge < -0.3 is 5.32 Å². The first-order valence-corrected chi connectivity index (χ1v) is 7.26. The first kappa shape index (κ1) is 15.8. The zero-order valence-corrected chi connectivity index (χ0v) is 13.2. The third-order valence-electron chi connectivity index (χ3n) is 3.45. The minimum atomic E-state index is -0.169. The molecule has 0 atom stereocenters. The highest BCUT2D eigenvalue weighted by atomic mass is 16.2. The number of rotatable bonds is 5. The zero-order chi connectivity index (χ0) is 15.9. The van der Waals surface area contributed by atoms with Gasteiger partial charge in [-0.05, 0) is 37.5 Å². The third kappa shape index (κ3) is 4.19. The quantitative estimate of drug-likeness (QED) is 0.657. The largest absolute Gasteiger partial charge is 0.376 e. The highest BCUT2D eigenvalue weighted by molar-refractivity contribution is 5.99. The van der Waals surface area contributed by atoms with Gasteiger partial charge >= 0.3 is 0 Å². The summed E-state index contributed by atoms with van der Waals surface area (Å²) in [5.74, 6) is -0.169. The fourth-order valence-electron chi connectivity index (χ4n) is 2.19. The molecule has 22 heavy (non-hydrogen) atoms. The van der Waals surface area contributed by atoms with Crippen molar-refractivity contribution >= 4 is 17.3 Å². The number of nitrogens with zero attached hydrogens (tertiary/aromatic N) is 1. The zero-order valence-electron chi connectivity index (χ0n) is 13.2. The van der Waals surface area contributed by atoms with Crippen LogP contribution in [0.3, 0.4) is 0 Å². The van der Waals surface area contributed by atoms with Crippen LogP contribution in [0.25, 0.3) is 0 Å². The van der Waals surface area contributed by atoms with E-state index in [0.29, 0.717) is 0 Å².